The van der Waals surface area contributed by atoms with Gasteiger partial charge in [-0.15, -0.1) is 0 Å². The molecule has 0 aliphatic carbocycles. The highest BCUT2D eigenvalue weighted by Crippen LogP contribution is 2.44. The monoisotopic (exact) mass is 790 g/mol. The van der Waals surface area contributed by atoms with Crippen molar-refractivity contribution in [1.82, 2.24) is 0 Å². The normalized spacial score (nSPS) is 11.2. The number of benzene rings is 11. The fraction of sp³-hybridized carbons (Fsp3) is 0. The second-order valence-electron chi connectivity index (χ2n) is 15.8. The quantitative estimate of drug-likeness (QED) is 0.147. The Bertz CT molecular complexity index is 3340. The van der Waals surface area contributed by atoms with Gasteiger partial charge in [0.05, 0.1) is 5.69 Å². The Morgan fingerprint density at radius 2 is 0.790 bits per heavy atom. The van der Waals surface area contributed by atoms with Crippen LogP contribution in [0.25, 0.3) is 76.8 Å². The van der Waals surface area contributed by atoms with Crippen molar-refractivity contribution in [1.29, 1.82) is 0 Å². The standard InChI is InChI=1S/C60H42N2/c1-3-15-42(16-4-1)43-27-29-44(30-28-43)45-31-36-50(37-32-45)62(59-26-14-12-22-53(59)46-17-5-2-6-18-46)51-38-34-49(35-39-51)61-58-25-13-11-24-55(58)57-41-48-20-8-9-21-52(48)56-40-33-47-19-7-10-23-54(47)60(56)57/h1-41,61H. The minimum atomic E-state index is 1.02. The maximum atomic E-state index is 3.84. The summed E-state index contributed by atoms with van der Waals surface area (Å²) in [7, 11) is 0. The summed E-state index contributed by atoms with van der Waals surface area (Å²) in [6.45, 7) is 0. The van der Waals surface area contributed by atoms with Crippen LogP contribution in [0.15, 0.2) is 249 Å². The van der Waals surface area contributed by atoms with Gasteiger partial charge in [0, 0.05) is 33.9 Å². The number of hydrogen-bond acceptors (Lipinski definition) is 2. The topological polar surface area (TPSA) is 15.3 Å². The molecule has 0 amide bonds. The number of nitrogens with zero attached hydrogens (tertiary/aromatic N) is 1. The Hall–Kier alpha value is -8.20. The number of rotatable bonds is 9. The molecule has 0 saturated carbocycles. The summed E-state index contributed by atoms with van der Waals surface area (Å²) in [5.74, 6) is 0. The smallest absolute Gasteiger partial charge is 0.0540 e. The molecule has 11 aromatic rings. The predicted molar refractivity (Wildman–Crippen MR) is 265 cm³/mol. The SMILES string of the molecule is c1ccc(-c2ccc(-c3ccc(N(c4ccc(Nc5ccccc5-c5cc6ccccc6c6ccc7ccccc7c56)cc4)c4ccccc4-c4ccccc4)cc3)cc2)cc1. The number of hydrogen-bond donors (Lipinski definition) is 1. The van der Waals surface area contributed by atoms with Gasteiger partial charge in [0.2, 0.25) is 0 Å². The van der Waals surface area contributed by atoms with E-state index in [0.29, 0.717) is 0 Å². The van der Waals surface area contributed by atoms with Gasteiger partial charge in [-0.2, -0.15) is 0 Å². The molecule has 2 heteroatoms. The van der Waals surface area contributed by atoms with Gasteiger partial charge >= 0.3 is 0 Å². The summed E-state index contributed by atoms with van der Waals surface area (Å²) in [6, 6.07) is 89.6. The minimum Gasteiger partial charge on any atom is -0.355 e. The van der Waals surface area contributed by atoms with Crippen LogP contribution < -0.4 is 10.2 Å². The molecule has 0 spiro atoms. The molecule has 11 rings (SSSR count). The van der Waals surface area contributed by atoms with Crippen molar-refractivity contribution in [2.45, 2.75) is 0 Å². The summed E-state index contributed by atoms with van der Waals surface area (Å²) >= 11 is 0. The third kappa shape index (κ3) is 6.94. The molecule has 0 bridgehead atoms. The van der Waals surface area contributed by atoms with Crippen LogP contribution in [0, 0.1) is 0 Å². The van der Waals surface area contributed by atoms with Gasteiger partial charge in [0.25, 0.3) is 0 Å². The third-order valence-electron chi connectivity index (χ3n) is 12.1. The van der Waals surface area contributed by atoms with Crippen LogP contribution >= 0.6 is 0 Å². The molecular weight excluding hydrogens is 749 g/mol. The Balaban J connectivity index is 0.967. The van der Waals surface area contributed by atoms with Crippen LogP contribution in [0.3, 0.4) is 0 Å². The van der Waals surface area contributed by atoms with Crippen molar-refractivity contribution in [3.8, 4) is 44.5 Å². The summed E-state index contributed by atoms with van der Waals surface area (Å²) < 4.78 is 0. The van der Waals surface area contributed by atoms with Crippen LogP contribution in [0.4, 0.5) is 28.4 Å². The highest BCUT2D eigenvalue weighted by Gasteiger charge is 2.19. The molecule has 2 nitrogen and oxygen atoms in total. The summed E-state index contributed by atoms with van der Waals surface area (Å²) in [6.07, 6.45) is 0. The van der Waals surface area contributed by atoms with E-state index in [-0.39, 0.29) is 0 Å². The van der Waals surface area contributed by atoms with Crippen molar-refractivity contribution >= 4 is 60.8 Å². The summed E-state index contributed by atoms with van der Waals surface area (Å²) in [5, 5.41) is 11.4. The van der Waals surface area contributed by atoms with Gasteiger partial charge in [-0.1, -0.05) is 194 Å². The van der Waals surface area contributed by atoms with Gasteiger partial charge in [-0.25, -0.2) is 0 Å². The number of nitrogens with one attached hydrogen (secondary N) is 1. The van der Waals surface area contributed by atoms with Crippen LogP contribution in [0.5, 0.6) is 0 Å². The highest BCUT2D eigenvalue weighted by molar-refractivity contribution is 6.23. The van der Waals surface area contributed by atoms with Crippen molar-refractivity contribution in [3.05, 3.63) is 249 Å². The second kappa shape index (κ2) is 16.1. The fourth-order valence-electron chi connectivity index (χ4n) is 9.02. The molecule has 11 aromatic carbocycles. The van der Waals surface area contributed by atoms with Crippen molar-refractivity contribution in [2.75, 3.05) is 10.2 Å². The summed E-state index contributed by atoms with van der Waals surface area (Å²) in [5.41, 5.74) is 14.9. The number of para-hydroxylation sites is 2. The van der Waals surface area contributed by atoms with E-state index in [1.165, 1.54) is 71.3 Å². The number of fused-ring (bicyclic) bond motifs is 5. The lowest BCUT2D eigenvalue weighted by Gasteiger charge is -2.28. The van der Waals surface area contributed by atoms with Crippen LogP contribution in [-0.4, -0.2) is 0 Å². The molecule has 62 heavy (non-hydrogen) atoms. The lowest BCUT2D eigenvalue weighted by atomic mass is 9.89. The first-order chi connectivity index (χ1) is 30.7. The maximum Gasteiger partial charge on any atom is 0.0540 e. The van der Waals surface area contributed by atoms with E-state index in [0.717, 1.165) is 34.0 Å². The van der Waals surface area contributed by atoms with Crippen LogP contribution in [0.2, 0.25) is 0 Å². The first kappa shape index (κ1) is 36.8. The highest BCUT2D eigenvalue weighted by atomic mass is 15.1. The van der Waals surface area contributed by atoms with E-state index < -0.39 is 0 Å². The zero-order chi connectivity index (χ0) is 41.2. The van der Waals surface area contributed by atoms with Gasteiger partial charge in [-0.05, 0) is 120 Å². The second-order valence-corrected chi connectivity index (χ2v) is 15.8. The van der Waals surface area contributed by atoms with E-state index in [1.54, 1.807) is 0 Å². The Labute approximate surface area is 362 Å². The molecule has 0 atom stereocenters. The Kier molecular flexibility index (Phi) is 9.57. The molecule has 0 fully saturated rings. The van der Waals surface area contributed by atoms with Crippen molar-refractivity contribution in [2.24, 2.45) is 0 Å². The minimum absolute atomic E-state index is 1.02. The molecule has 0 aliphatic heterocycles. The lowest BCUT2D eigenvalue weighted by molar-refractivity contribution is 1.28. The average Bonchev–Trinajstić information content (AvgIpc) is 3.35. The molecular formula is C60H42N2. The van der Waals surface area contributed by atoms with Gasteiger partial charge in [0.1, 0.15) is 0 Å². The molecule has 0 saturated heterocycles. The molecule has 0 radical (unpaired) electrons. The molecule has 292 valence electrons. The predicted octanol–water partition coefficient (Wildman–Crippen LogP) is 17.0. The largest absolute Gasteiger partial charge is 0.355 e. The zero-order valence-corrected chi connectivity index (χ0v) is 34.1. The first-order valence-electron chi connectivity index (χ1n) is 21.3. The van der Waals surface area contributed by atoms with Gasteiger partial charge in [0.15, 0.2) is 0 Å². The average molecular weight is 791 g/mol. The van der Waals surface area contributed by atoms with Crippen molar-refractivity contribution < 1.29 is 0 Å². The van der Waals surface area contributed by atoms with E-state index in [4.69, 9.17) is 0 Å². The van der Waals surface area contributed by atoms with E-state index in [9.17, 15) is 0 Å². The van der Waals surface area contributed by atoms with E-state index in [1.807, 2.05) is 0 Å². The van der Waals surface area contributed by atoms with E-state index in [2.05, 4.69) is 259 Å². The first-order valence-corrected chi connectivity index (χ1v) is 21.3. The third-order valence-corrected chi connectivity index (χ3v) is 12.1. The maximum absolute atomic E-state index is 3.84. The lowest BCUT2D eigenvalue weighted by Crippen LogP contribution is -2.11. The molecule has 0 aliphatic rings. The Morgan fingerprint density at radius 1 is 0.290 bits per heavy atom. The van der Waals surface area contributed by atoms with E-state index >= 15 is 0 Å². The molecule has 0 unspecified atom stereocenters. The molecule has 0 aromatic heterocycles. The molecule has 0 heterocycles. The fourth-order valence-corrected chi connectivity index (χ4v) is 9.02. The van der Waals surface area contributed by atoms with Gasteiger partial charge in [-0.3, -0.25) is 0 Å². The van der Waals surface area contributed by atoms with Gasteiger partial charge < -0.3 is 10.2 Å². The Morgan fingerprint density at radius 3 is 1.48 bits per heavy atom. The zero-order valence-electron chi connectivity index (χ0n) is 34.1. The number of anilines is 5. The van der Waals surface area contributed by atoms with Crippen LogP contribution in [0.1, 0.15) is 0 Å². The molecule has 1 N–H and O–H groups in total. The summed E-state index contributed by atoms with van der Waals surface area (Å²) in [4.78, 5) is 2.37. The van der Waals surface area contributed by atoms with Crippen LogP contribution in [-0.2, 0) is 0 Å². The van der Waals surface area contributed by atoms with Crippen molar-refractivity contribution in [3.63, 3.8) is 0 Å².